The summed E-state index contributed by atoms with van der Waals surface area (Å²) in [4.78, 5) is 4.11. The van der Waals surface area contributed by atoms with Gasteiger partial charge in [0.05, 0.1) is 18.7 Å². The van der Waals surface area contributed by atoms with Gasteiger partial charge in [0.2, 0.25) is 0 Å². The highest BCUT2D eigenvalue weighted by atomic mass is 32.1. The number of aliphatic hydroxyl groups excluding tert-OH is 1. The zero-order valence-electron chi connectivity index (χ0n) is 10.6. The molecule has 7 heteroatoms. The fourth-order valence-corrected chi connectivity index (χ4v) is 2.51. The molecule has 20 heavy (non-hydrogen) atoms. The summed E-state index contributed by atoms with van der Waals surface area (Å²) in [5.74, 6) is -4.07. The van der Waals surface area contributed by atoms with Gasteiger partial charge < -0.3 is 5.11 Å². The predicted octanol–water partition coefficient (Wildman–Crippen LogP) is 2.94. The van der Waals surface area contributed by atoms with Crippen LogP contribution in [0.3, 0.4) is 0 Å². The van der Waals surface area contributed by atoms with Crippen LogP contribution in [0.15, 0.2) is 23.7 Å². The van der Waals surface area contributed by atoms with Gasteiger partial charge in [0.1, 0.15) is 5.01 Å². The summed E-state index contributed by atoms with van der Waals surface area (Å²) in [6, 6.07) is 0.837. The Hall–Kier alpha value is -1.44. The van der Waals surface area contributed by atoms with Gasteiger partial charge in [0.25, 0.3) is 0 Å². The molecule has 2 aromatic rings. The lowest BCUT2D eigenvalue weighted by Crippen LogP contribution is -2.27. The van der Waals surface area contributed by atoms with E-state index in [1.165, 1.54) is 11.3 Å². The van der Waals surface area contributed by atoms with Gasteiger partial charge in [0.15, 0.2) is 17.5 Å². The molecule has 1 aromatic heterocycles. The summed E-state index contributed by atoms with van der Waals surface area (Å²) in [6.07, 6.45) is 1.64. The normalized spacial score (nSPS) is 14.2. The first-order chi connectivity index (χ1) is 9.52. The van der Waals surface area contributed by atoms with Crippen LogP contribution in [0.1, 0.15) is 29.6 Å². The molecule has 2 unspecified atom stereocenters. The molecule has 2 atom stereocenters. The van der Waals surface area contributed by atoms with Crippen LogP contribution >= 0.6 is 11.3 Å². The number of rotatable bonds is 5. The molecule has 2 rings (SSSR count). The van der Waals surface area contributed by atoms with Crippen LogP contribution in [-0.2, 0) is 0 Å². The van der Waals surface area contributed by atoms with E-state index in [4.69, 9.17) is 0 Å². The van der Waals surface area contributed by atoms with Crippen molar-refractivity contribution in [3.8, 4) is 0 Å². The quantitative estimate of drug-likeness (QED) is 0.835. The van der Waals surface area contributed by atoms with Gasteiger partial charge in [-0.05, 0) is 24.6 Å². The lowest BCUT2D eigenvalue weighted by molar-refractivity contribution is 0.234. The van der Waals surface area contributed by atoms with Crippen molar-refractivity contribution < 1.29 is 18.3 Å². The molecule has 3 nitrogen and oxygen atoms in total. The van der Waals surface area contributed by atoms with E-state index in [0.29, 0.717) is 0 Å². The SMILES string of the molecule is CC(NC(CO)c1cc(F)c(F)c(F)c1)c1nccs1. The summed E-state index contributed by atoms with van der Waals surface area (Å²) in [7, 11) is 0. The van der Waals surface area contributed by atoms with Crippen molar-refractivity contribution in [2.24, 2.45) is 0 Å². The van der Waals surface area contributed by atoms with Crippen molar-refractivity contribution >= 4 is 11.3 Å². The van der Waals surface area contributed by atoms with E-state index in [1.807, 2.05) is 6.92 Å². The number of aliphatic hydroxyl groups is 1. The Balaban J connectivity index is 2.20. The fourth-order valence-electron chi connectivity index (χ4n) is 1.85. The van der Waals surface area contributed by atoms with Gasteiger partial charge in [-0.15, -0.1) is 11.3 Å². The third-order valence-corrected chi connectivity index (χ3v) is 3.82. The first-order valence-electron chi connectivity index (χ1n) is 5.93. The average molecular weight is 302 g/mol. The predicted molar refractivity (Wildman–Crippen MR) is 69.8 cm³/mol. The van der Waals surface area contributed by atoms with E-state index in [-0.39, 0.29) is 18.2 Å². The largest absolute Gasteiger partial charge is 0.394 e. The van der Waals surface area contributed by atoms with Crippen LogP contribution in [-0.4, -0.2) is 16.7 Å². The highest BCUT2D eigenvalue weighted by Gasteiger charge is 2.19. The Labute approximate surface area is 118 Å². The van der Waals surface area contributed by atoms with E-state index >= 15 is 0 Å². The average Bonchev–Trinajstić information content (AvgIpc) is 2.95. The Bertz CT molecular complexity index is 554. The van der Waals surface area contributed by atoms with E-state index in [1.54, 1.807) is 11.6 Å². The molecule has 0 aliphatic carbocycles. The molecule has 0 saturated heterocycles. The number of nitrogens with zero attached hydrogens (tertiary/aromatic N) is 1. The minimum atomic E-state index is -1.52. The standard InChI is InChI=1S/C13H13F3N2OS/c1-7(13-17-2-3-20-13)18-11(6-19)8-4-9(14)12(16)10(15)5-8/h2-5,7,11,18-19H,6H2,1H3. The lowest BCUT2D eigenvalue weighted by atomic mass is 10.1. The third-order valence-electron chi connectivity index (χ3n) is 2.86. The zero-order valence-corrected chi connectivity index (χ0v) is 11.4. The van der Waals surface area contributed by atoms with Crippen molar-refractivity contribution in [2.45, 2.75) is 19.0 Å². The van der Waals surface area contributed by atoms with Crippen molar-refractivity contribution in [2.75, 3.05) is 6.61 Å². The number of halogens is 3. The molecule has 108 valence electrons. The van der Waals surface area contributed by atoms with E-state index in [2.05, 4.69) is 10.3 Å². The molecule has 0 spiro atoms. The summed E-state index contributed by atoms with van der Waals surface area (Å²) in [5, 5.41) is 14.9. The maximum atomic E-state index is 13.2. The molecule has 2 N–H and O–H groups in total. The summed E-state index contributed by atoms with van der Waals surface area (Å²) >= 11 is 1.42. The monoisotopic (exact) mass is 302 g/mol. The Morgan fingerprint density at radius 3 is 2.45 bits per heavy atom. The van der Waals surface area contributed by atoms with Crippen LogP contribution in [0.25, 0.3) is 0 Å². The Kier molecular flexibility index (Phi) is 4.74. The van der Waals surface area contributed by atoms with Gasteiger partial charge >= 0.3 is 0 Å². The highest BCUT2D eigenvalue weighted by Crippen LogP contribution is 2.23. The summed E-state index contributed by atoms with van der Waals surface area (Å²) in [6.45, 7) is 1.44. The van der Waals surface area contributed by atoms with Gasteiger partial charge in [-0.25, -0.2) is 18.2 Å². The minimum Gasteiger partial charge on any atom is -0.394 e. The van der Waals surface area contributed by atoms with E-state index in [9.17, 15) is 18.3 Å². The van der Waals surface area contributed by atoms with E-state index < -0.39 is 23.5 Å². The smallest absolute Gasteiger partial charge is 0.194 e. The maximum Gasteiger partial charge on any atom is 0.194 e. The fraction of sp³-hybridized carbons (Fsp3) is 0.308. The second kappa shape index (κ2) is 6.34. The minimum absolute atomic E-state index is 0.146. The van der Waals surface area contributed by atoms with Gasteiger partial charge in [-0.1, -0.05) is 0 Å². The van der Waals surface area contributed by atoms with Crippen molar-refractivity contribution in [1.82, 2.24) is 10.3 Å². The number of hydrogen-bond acceptors (Lipinski definition) is 4. The molecule has 0 aliphatic rings. The summed E-state index contributed by atoms with van der Waals surface area (Å²) in [5.41, 5.74) is 0.146. The molecule has 1 aromatic carbocycles. The number of nitrogens with one attached hydrogen (secondary N) is 1. The Morgan fingerprint density at radius 1 is 1.30 bits per heavy atom. The molecule has 0 radical (unpaired) electrons. The highest BCUT2D eigenvalue weighted by molar-refractivity contribution is 7.09. The number of hydrogen-bond donors (Lipinski definition) is 2. The zero-order chi connectivity index (χ0) is 14.7. The van der Waals surface area contributed by atoms with Crippen LogP contribution in [0.5, 0.6) is 0 Å². The maximum absolute atomic E-state index is 13.2. The number of aromatic nitrogens is 1. The van der Waals surface area contributed by atoms with Crippen LogP contribution < -0.4 is 5.32 Å². The second-order valence-corrected chi connectivity index (χ2v) is 5.22. The van der Waals surface area contributed by atoms with E-state index in [0.717, 1.165) is 17.1 Å². The molecule has 0 aliphatic heterocycles. The molecular weight excluding hydrogens is 289 g/mol. The number of thiazole rings is 1. The van der Waals surface area contributed by atoms with Gasteiger partial charge in [-0.2, -0.15) is 0 Å². The molecule has 0 bridgehead atoms. The van der Waals surface area contributed by atoms with Crippen molar-refractivity contribution in [1.29, 1.82) is 0 Å². The molecule has 0 saturated carbocycles. The van der Waals surface area contributed by atoms with Gasteiger partial charge in [0, 0.05) is 11.6 Å². The topological polar surface area (TPSA) is 45.1 Å². The number of benzene rings is 1. The van der Waals surface area contributed by atoms with Crippen molar-refractivity contribution in [3.63, 3.8) is 0 Å². The first kappa shape index (κ1) is 15.0. The van der Waals surface area contributed by atoms with Gasteiger partial charge in [-0.3, -0.25) is 5.32 Å². The molecule has 0 fully saturated rings. The molecule has 0 amide bonds. The van der Waals surface area contributed by atoms with Crippen LogP contribution in [0, 0.1) is 17.5 Å². The Morgan fingerprint density at radius 2 is 1.95 bits per heavy atom. The summed E-state index contributed by atoms with van der Waals surface area (Å²) < 4.78 is 39.3. The van der Waals surface area contributed by atoms with Crippen LogP contribution in [0.4, 0.5) is 13.2 Å². The molecular formula is C13H13F3N2OS. The molecule has 1 heterocycles. The third kappa shape index (κ3) is 3.17. The second-order valence-electron chi connectivity index (χ2n) is 4.29. The first-order valence-corrected chi connectivity index (χ1v) is 6.81. The van der Waals surface area contributed by atoms with Crippen molar-refractivity contribution in [3.05, 3.63) is 51.7 Å². The van der Waals surface area contributed by atoms with Crippen LogP contribution in [0.2, 0.25) is 0 Å². The lowest BCUT2D eigenvalue weighted by Gasteiger charge is -2.21.